The number of carbonyl (C=O) groups excluding carboxylic acids is 1. The van der Waals surface area contributed by atoms with Crippen LogP contribution in [-0.2, 0) is 16.0 Å². The molecular formula is C17H27N3O3S. The summed E-state index contributed by atoms with van der Waals surface area (Å²) < 4.78 is 11.0. The molecule has 24 heavy (non-hydrogen) atoms. The monoisotopic (exact) mass is 353 g/mol. The summed E-state index contributed by atoms with van der Waals surface area (Å²) in [4.78, 5) is 15.8. The van der Waals surface area contributed by atoms with E-state index >= 15 is 0 Å². The number of aryl methyl sites for hydroxylation is 1. The Morgan fingerprint density at radius 3 is 2.83 bits per heavy atom. The number of hydrogen-bond acceptors (Lipinski definition) is 5. The number of carbonyl (C=O) groups is 1. The number of nitrogens with one attached hydrogen (secondary N) is 2. The summed E-state index contributed by atoms with van der Waals surface area (Å²) in [5.41, 5.74) is 1.23. The number of amides is 2. The Morgan fingerprint density at radius 2 is 2.17 bits per heavy atom. The summed E-state index contributed by atoms with van der Waals surface area (Å²) in [5, 5.41) is 8.07. The van der Waals surface area contributed by atoms with Crippen LogP contribution in [0.2, 0.25) is 0 Å². The van der Waals surface area contributed by atoms with E-state index in [0.29, 0.717) is 25.0 Å². The molecule has 0 aliphatic carbocycles. The molecule has 3 rings (SSSR count). The summed E-state index contributed by atoms with van der Waals surface area (Å²) >= 11 is 1.68. The van der Waals surface area contributed by atoms with E-state index in [-0.39, 0.29) is 6.03 Å². The largest absolute Gasteiger partial charge is 0.381 e. The second-order valence-corrected chi connectivity index (χ2v) is 7.43. The van der Waals surface area contributed by atoms with Gasteiger partial charge in [-0.15, -0.1) is 11.3 Å². The fraction of sp³-hybridized carbons (Fsp3) is 0.706. The van der Waals surface area contributed by atoms with Gasteiger partial charge >= 0.3 is 6.03 Å². The zero-order valence-corrected chi connectivity index (χ0v) is 15.1. The highest BCUT2D eigenvalue weighted by Gasteiger charge is 2.31. The highest BCUT2D eigenvalue weighted by molar-refractivity contribution is 7.10. The Hall–Kier alpha value is -1.15. The third kappa shape index (κ3) is 4.69. The highest BCUT2D eigenvalue weighted by atomic mass is 32.1. The molecule has 2 N–H and O–H groups in total. The number of hydrogen-bond donors (Lipinski definition) is 2. The molecule has 2 saturated heterocycles. The first-order valence-electron chi connectivity index (χ1n) is 8.68. The summed E-state index contributed by atoms with van der Waals surface area (Å²) in [7, 11) is 0. The van der Waals surface area contributed by atoms with Crippen molar-refractivity contribution in [3.63, 3.8) is 0 Å². The van der Waals surface area contributed by atoms with Crippen LogP contribution < -0.4 is 10.6 Å². The van der Waals surface area contributed by atoms with Crippen LogP contribution in [0.15, 0.2) is 11.4 Å². The van der Waals surface area contributed by atoms with Crippen molar-refractivity contribution in [2.24, 2.45) is 5.92 Å². The number of thiophene rings is 1. The third-order valence-electron chi connectivity index (χ3n) is 4.87. The molecule has 0 aromatic carbocycles. The molecule has 2 atom stereocenters. The van der Waals surface area contributed by atoms with E-state index in [2.05, 4.69) is 33.9 Å². The maximum Gasteiger partial charge on any atom is 0.315 e. The predicted octanol–water partition coefficient (Wildman–Crippen LogP) is 1.59. The van der Waals surface area contributed by atoms with Crippen molar-refractivity contribution >= 4 is 17.4 Å². The summed E-state index contributed by atoms with van der Waals surface area (Å²) in [5.74, 6) is 0.489. The molecule has 2 aliphatic rings. The lowest BCUT2D eigenvalue weighted by Gasteiger charge is -2.37. The van der Waals surface area contributed by atoms with Crippen molar-refractivity contribution < 1.29 is 14.3 Å². The van der Waals surface area contributed by atoms with E-state index < -0.39 is 0 Å². The molecule has 2 fully saturated rings. The summed E-state index contributed by atoms with van der Waals surface area (Å²) in [6.45, 7) is 8.34. The molecule has 2 amide bonds. The highest BCUT2D eigenvalue weighted by Crippen LogP contribution is 2.22. The molecule has 1 aromatic heterocycles. The molecule has 6 nitrogen and oxygen atoms in total. The van der Waals surface area contributed by atoms with E-state index in [1.807, 2.05) is 0 Å². The average Bonchev–Trinajstić information content (AvgIpc) is 3.26. The quantitative estimate of drug-likeness (QED) is 0.815. The number of rotatable bonds is 6. The predicted molar refractivity (Wildman–Crippen MR) is 94.4 cm³/mol. The van der Waals surface area contributed by atoms with Crippen LogP contribution in [0.25, 0.3) is 0 Å². The van der Waals surface area contributed by atoms with Gasteiger partial charge in [0.15, 0.2) is 0 Å². The Labute approximate surface area is 147 Å². The lowest BCUT2D eigenvalue weighted by Crippen LogP contribution is -2.53. The van der Waals surface area contributed by atoms with E-state index in [9.17, 15) is 4.79 Å². The molecule has 1 aromatic rings. The first kappa shape index (κ1) is 17.7. The van der Waals surface area contributed by atoms with Gasteiger partial charge < -0.3 is 20.1 Å². The van der Waals surface area contributed by atoms with Gasteiger partial charge in [0.05, 0.1) is 26.4 Å². The number of urea groups is 1. The standard InChI is InChI=1S/C17H27N3O3S/c1-13-3-9-24-16(13)11-19-17(21)18-10-15(14-2-6-23-12-14)20-4-7-22-8-5-20/h3,9,14-15H,2,4-8,10-12H2,1H3,(H2,18,19,21). The van der Waals surface area contributed by atoms with Gasteiger partial charge in [0.2, 0.25) is 0 Å². The molecule has 0 spiro atoms. The van der Waals surface area contributed by atoms with Crippen LogP contribution in [0.4, 0.5) is 4.79 Å². The van der Waals surface area contributed by atoms with Crippen LogP contribution >= 0.6 is 11.3 Å². The fourth-order valence-corrected chi connectivity index (χ4v) is 4.21. The van der Waals surface area contributed by atoms with Crippen molar-refractivity contribution in [2.45, 2.75) is 25.9 Å². The van der Waals surface area contributed by atoms with Crippen LogP contribution in [-0.4, -0.2) is 63.0 Å². The smallest absolute Gasteiger partial charge is 0.315 e. The van der Waals surface area contributed by atoms with Crippen molar-refractivity contribution in [3.05, 3.63) is 21.9 Å². The van der Waals surface area contributed by atoms with Gasteiger partial charge in [-0.1, -0.05) is 0 Å². The van der Waals surface area contributed by atoms with Crippen LogP contribution in [0.1, 0.15) is 16.9 Å². The number of morpholine rings is 1. The van der Waals surface area contributed by atoms with Crippen molar-refractivity contribution in [3.8, 4) is 0 Å². The second-order valence-electron chi connectivity index (χ2n) is 6.43. The van der Waals surface area contributed by atoms with E-state index in [0.717, 1.165) is 45.9 Å². The lowest BCUT2D eigenvalue weighted by atomic mass is 9.97. The van der Waals surface area contributed by atoms with E-state index in [4.69, 9.17) is 9.47 Å². The third-order valence-corrected chi connectivity index (χ3v) is 5.90. The molecule has 134 valence electrons. The van der Waals surface area contributed by atoms with E-state index in [1.54, 1.807) is 11.3 Å². The molecule has 0 bridgehead atoms. The molecule has 2 aliphatic heterocycles. The molecular weight excluding hydrogens is 326 g/mol. The van der Waals surface area contributed by atoms with Gasteiger partial charge in [0.1, 0.15) is 0 Å². The van der Waals surface area contributed by atoms with Crippen LogP contribution in [0.5, 0.6) is 0 Å². The van der Waals surface area contributed by atoms with Crippen LogP contribution in [0, 0.1) is 12.8 Å². The Balaban J connectivity index is 1.48. The second kappa shape index (κ2) is 8.80. The molecule has 0 saturated carbocycles. The van der Waals surface area contributed by atoms with E-state index in [1.165, 1.54) is 10.4 Å². The normalized spacial score (nSPS) is 23.1. The first-order chi connectivity index (χ1) is 11.7. The van der Waals surface area contributed by atoms with Gasteiger partial charge in [-0.3, -0.25) is 4.90 Å². The van der Waals surface area contributed by atoms with Gasteiger partial charge in [-0.2, -0.15) is 0 Å². The fourth-order valence-electron chi connectivity index (χ4n) is 3.36. The number of ether oxygens (including phenoxy) is 2. The maximum absolute atomic E-state index is 12.2. The van der Waals surface area contributed by atoms with Gasteiger partial charge in [-0.25, -0.2) is 4.79 Å². The molecule has 3 heterocycles. The minimum absolute atomic E-state index is 0.0972. The lowest BCUT2D eigenvalue weighted by molar-refractivity contribution is 0.00212. The average molecular weight is 353 g/mol. The Bertz CT molecular complexity index is 525. The summed E-state index contributed by atoms with van der Waals surface area (Å²) in [6.07, 6.45) is 1.07. The SMILES string of the molecule is Cc1ccsc1CNC(=O)NCC(C1CCOC1)N1CCOCC1. The summed E-state index contributed by atoms with van der Waals surface area (Å²) in [6, 6.07) is 2.30. The van der Waals surface area contributed by atoms with Crippen molar-refractivity contribution in [1.29, 1.82) is 0 Å². The van der Waals surface area contributed by atoms with Crippen molar-refractivity contribution in [1.82, 2.24) is 15.5 Å². The van der Waals surface area contributed by atoms with Gasteiger partial charge in [0.25, 0.3) is 0 Å². The molecule has 0 radical (unpaired) electrons. The molecule has 2 unspecified atom stereocenters. The van der Waals surface area contributed by atoms with Gasteiger partial charge in [0, 0.05) is 43.1 Å². The first-order valence-corrected chi connectivity index (χ1v) is 9.56. The Morgan fingerprint density at radius 1 is 1.33 bits per heavy atom. The zero-order valence-electron chi connectivity index (χ0n) is 14.3. The van der Waals surface area contributed by atoms with Gasteiger partial charge in [-0.05, 0) is 30.4 Å². The Kier molecular flexibility index (Phi) is 6.48. The zero-order chi connectivity index (χ0) is 16.8. The molecule has 7 heteroatoms. The topological polar surface area (TPSA) is 62.8 Å². The number of nitrogens with zero attached hydrogens (tertiary/aromatic N) is 1. The minimum atomic E-state index is -0.0972. The minimum Gasteiger partial charge on any atom is -0.381 e. The maximum atomic E-state index is 12.2. The van der Waals surface area contributed by atoms with Crippen molar-refractivity contribution in [2.75, 3.05) is 46.1 Å². The van der Waals surface area contributed by atoms with Crippen LogP contribution in [0.3, 0.4) is 0 Å².